The molecule has 0 aromatic heterocycles. The number of hydrogen-bond acceptors (Lipinski definition) is 6. The van der Waals surface area contributed by atoms with Crippen LogP contribution in [0.25, 0.3) is 0 Å². The van der Waals surface area contributed by atoms with Gasteiger partial charge in [-0.1, -0.05) is 23.7 Å². The van der Waals surface area contributed by atoms with Gasteiger partial charge < -0.3 is 19.7 Å². The molecule has 0 saturated carbocycles. The van der Waals surface area contributed by atoms with Crippen LogP contribution in [0.5, 0.6) is 11.5 Å². The topological polar surface area (TPSA) is 105 Å². The minimum atomic E-state index is -3.60. The lowest BCUT2D eigenvalue weighted by Crippen LogP contribution is -2.46. The van der Waals surface area contributed by atoms with E-state index in [1.54, 1.807) is 49.4 Å². The number of sulfonamides is 1. The molecule has 0 saturated heterocycles. The van der Waals surface area contributed by atoms with E-state index in [1.165, 1.54) is 16.3 Å². The Balaban J connectivity index is 1.71. The molecule has 1 heterocycles. The van der Waals surface area contributed by atoms with Gasteiger partial charge >= 0.3 is 0 Å². The summed E-state index contributed by atoms with van der Waals surface area (Å²) in [7, 11) is -2.09. The third-order valence-electron chi connectivity index (χ3n) is 5.48. The molecule has 0 bridgehead atoms. The summed E-state index contributed by atoms with van der Waals surface area (Å²) in [5.74, 6) is 0.467. The summed E-state index contributed by atoms with van der Waals surface area (Å²) in [6, 6.07) is 11.2. The number of nitrogens with one attached hydrogen (secondary N) is 1. The van der Waals surface area contributed by atoms with Crippen LogP contribution in [-0.4, -0.2) is 57.8 Å². The van der Waals surface area contributed by atoms with Crippen molar-refractivity contribution in [3.8, 4) is 11.5 Å². The number of rotatable bonds is 10. The lowest BCUT2D eigenvalue weighted by molar-refractivity contribution is -0.140. The van der Waals surface area contributed by atoms with E-state index in [1.807, 2.05) is 0 Å². The molecule has 11 heteroatoms. The zero-order valence-corrected chi connectivity index (χ0v) is 20.9. The number of hydrogen-bond donors (Lipinski definition) is 1. The van der Waals surface area contributed by atoms with E-state index in [4.69, 9.17) is 21.1 Å². The van der Waals surface area contributed by atoms with Gasteiger partial charge in [0.15, 0.2) is 11.5 Å². The normalized spacial score (nSPS) is 13.3. The van der Waals surface area contributed by atoms with Gasteiger partial charge in [-0.3, -0.25) is 13.9 Å². The molecular weight excluding hydrogens is 482 g/mol. The lowest BCUT2D eigenvalue weighted by atomic mass is 10.1. The first-order valence-electron chi connectivity index (χ1n) is 10.7. The smallest absolute Gasteiger partial charge is 0.242 e. The molecule has 0 aliphatic carbocycles. The average Bonchev–Trinajstić information content (AvgIpc) is 3.27. The highest BCUT2D eigenvalue weighted by Gasteiger charge is 2.26. The Morgan fingerprint density at radius 1 is 1.12 bits per heavy atom. The number of likely N-dealkylation sites (N-methyl/N-ethyl adjacent to an activating group) is 1. The number of anilines is 1. The third-order valence-corrected chi connectivity index (χ3v) is 6.92. The second-order valence-corrected chi connectivity index (χ2v) is 10.3. The lowest BCUT2D eigenvalue weighted by Gasteiger charge is -2.29. The number of halogens is 1. The first kappa shape index (κ1) is 25.6. The van der Waals surface area contributed by atoms with Crippen LogP contribution in [-0.2, 0) is 26.2 Å². The SMILES string of the molecule is CNC(=O)[C@@H](C)N(Cc1ccc(Cl)cc1)C(=O)CCCN(c1ccc2c(c1)OCO2)S(C)(=O)=O. The van der Waals surface area contributed by atoms with Crippen LogP contribution in [0.15, 0.2) is 42.5 Å². The van der Waals surface area contributed by atoms with Gasteiger partial charge in [-0.05, 0) is 43.2 Å². The van der Waals surface area contributed by atoms with E-state index in [0.717, 1.165) is 11.8 Å². The Morgan fingerprint density at radius 2 is 1.79 bits per heavy atom. The van der Waals surface area contributed by atoms with Crippen LogP contribution in [0.1, 0.15) is 25.3 Å². The Kier molecular flexibility index (Phi) is 8.27. The van der Waals surface area contributed by atoms with Gasteiger partial charge in [-0.25, -0.2) is 8.42 Å². The average molecular weight is 510 g/mol. The molecule has 1 aliphatic heterocycles. The number of amides is 2. The fourth-order valence-corrected chi connectivity index (χ4v) is 4.71. The summed E-state index contributed by atoms with van der Waals surface area (Å²) in [5.41, 5.74) is 1.25. The second kappa shape index (κ2) is 11.0. The van der Waals surface area contributed by atoms with E-state index < -0.39 is 16.1 Å². The number of nitrogens with zero attached hydrogens (tertiary/aromatic N) is 2. The van der Waals surface area contributed by atoms with Gasteiger partial charge in [-0.2, -0.15) is 0 Å². The molecule has 1 atom stereocenters. The fourth-order valence-electron chi connectivity index (χ4n) is 3.62. The number of benzene rings is 2. The largest absolute Gasteiger partial charge is 0.454 e. The van der Waals surface area contributed by atoms with Crippen molar-refractivity contribution in [3.63, 3.8) is 0 Å². The molecule has 2 amide bonds. The van der Waals surface area contributed by atoms with Crippen LogP contribution < -0.4 is 19.1 Å². The highest BCUT2D eigenvalue weighted by atomic mass is 35.5. The summed E-state index contributed by atoms with van der Waals surface area (Å²) < 4.78 is 36.7. The van der Waals surface area contributed by atoms with E-state index in [9.17, 15) is 18.0 Å². The molecular formula is C23H28ClN3O6S. The molecule has 0 fully saturated rings. The monoisotopic (exact) mass is 509 g/mol. The van der Waals surface area contributed by atoms with Crippen molar-refractivity contribution in [2.75, 3.05) is 30.9 Å². The molecule has 9 nitrogen and oxygen atoms in total. The molecule has 1 aliphatic rings. The molecule has 34 heavy (non-hydrogen) atoms. The van der Waals surface area contributed by atoms with Crippen LogP contribution in [0.4, 0.5) is 5.69 Å². The minimum absolute atomic E-state index is 0.0610. The van der Waals surface area contributed by atoms with Crippen molar-refractivity contribution in [1.29, 1.82) is 0 Å². The molecule has 184 valence electrons. The highest BCUT2D eigenvalue weighted by Crippen LogP contribution is 2.36. The Morgan fingerprint density at radius 3 is 2.44 bits per heavy atom. The quantitative estimate of drug-likeness (QED) is 0.528. The number of carbonyl (C=O) groups is 2. The maximum atomic E-state index is 13.1. The first-order valence-corrected chi connectivity index (χ1v) is 13.0. The van der Waals surface area contributed by atoms with Crippen molar-refractivity contribution >= 4 is 39.1 Å². The van der Waals surface area contributed by atoms with Crippen LogP contribution in [0.2, 0.25) is 5.02 Å². The Labute approximate surface area is 204 Å². The predicted octanol–water partition coefficient (Wildman–Crippen LogP) is 2.78. The fraction of sp³-hybridized carbons (Fsp3) is 0.391. The maximum absolute atomic E-state index is 13.1. The molecule has 0 spiro atoms. The molecule has 1 N–H and O–H groups in total. The summed E-state index contributed by atoms with van der Waals surface area (Å²) in [4.78, 5) is 26.9. The van der Waals surface area contributed by atoms with E-state index in [2.05, 4.69) is 5.32 Å². The van der Waals surface area contributed by atoms with Gasteiger partial charge in [-0.15, -0.1) is 0 Å². The van der Waals surface area contributed by atoms with Crippen molar-refractivity contribution in [1.82, 2.24) is 10.2 Å². The zero-order valence-electron chi connectivity index (χ0n) is 19.3. The first-order chi connectivity index (χ1) is 16.1. The van der Waals surface area contributed by atoms with Gasteiger partial charge in [0.25, 0.3) is 0 Å². The molecule has 3 rings (SSSR count). The number of ether oxygens (including phenoxy) is 2. The van der Waals surface area contributed by atoms with E-state index >= 15 is 0 Å². The highest BCUT2D eigenvalue weighted by molar-refractivity contribution is 7.92. The Bertz CT molecular complexity index is 1140. The molecule has 0 unspecified atom stereocenters. The van der Waals surface area contributed by atoms with Gasteiger partial charge in [0.1, 0.15) is 6.04 Å². The van der Waals surface area contributed by atoms with Crippen molar-refractivity contribution < 1.29 is 27.5 Å². The van der Waals surface area contributed by atoms with E-state index in [0.29, 0.717) is 22.2 Å². The van der Waals surface area contributed by atoms with Crippen molar-refractivity contribution in [3.05, 3.63) is 53.1 Å². The van der Waals surface area contributed by atoms with E-state index in [-0.39, 0.29) is 44.5 Å². The van der Waals surface area contributed by atoms with Gasteiger partial charge in [0.05, 0.1) is 11.9 Å². The van der Waals surface area contributed by atoms with Gasteiger partial charge in [0, 0.05) is 37.6 Å². The second-order valence-electron chi connectivity index (χ2n) is 7.91. The zero-order chi connectivity index (χ0) is 24.9. The third kappa shape index (κ3) is 6.32. The number of fused-ring (bicyclic) bond motifs is 1. The molecule has 0 radical (unpaired) electrons. The summed E-state index contributed by atoms with van der Waals surface area (Å²) >= 11 is 5.95. The van der Waals surface area contributed by atoms with Crippen molar-refractivity contribution in [2.24, 2.45) is 0 Å². The summed E-state index contributed by atoms with van der Waals surface area (Å²) in [6.45, 7) is 2.05. The summed E-state index contributed by atoms with van der Waals surface area (Å²) in [5, 5.41) is 3.14. The van der Waals surface area contributed by atoms with Crippen LogP contribution in [0.3, 0.4) is 0 Å². The van der Waals surface area contributed by atoms with Crippen LogP contribution >= 0.6 is 11.6 Å². The number of carbonyl (C=O) groups excluding carboxylic acids is 2. The standard InChI is InChI=1S/C23H28ClN3O6S/c1-16(23(29)25-2)26(14-17-6-8-18(24)9-7-17)22(28)5-4-12-27(34(3,30)31)19-10-11-20-21(13-19)33-15-32-20/h6-11,13,16H,4-5,12,14-15H2,1-3H3,(H,25,29)/t16-/m1/s1. The Hall–Kier alpha value is -2.98. The molecule has 2 aromatic carbocycles. The predicted molar refractivity (Wildman–Crippen MR) is 130 cm³/mol. The minimum Gasteiger partial charge on any atom is -0.454 e. The molecule has 2 aromatic rings. The van der Waals surface area contributed by atoms with Crippen molar-refractivity contribution in [2.45, 2.75) is 32.4 Å². The maximum Gasteiger partial charge on any atom is 0.242 e. The van der Waals surface area contributed by atoms with Crippen LogP contribution in [0, 0.1) is 0 Å². The summed E-state index contributed by atoms with van der Waals surface area (Å²) in [6.07, 6.45) is 1.43. The van der Waals surface area contributed by atoms with Gasteiger partial charge in [0.2, 0.25) is 28.6 Å².